The first-order valence-corrected chi connectivity index (χ1v) is 4.21. The van der Waals surface area contributed by atoms with Crippen molar-refractivity contribution in [2.75, 3.05) is 0 Å². The maximum absolute atomic E-state index is 4.22. The first-order chi connectivity index (χ1) is 7.47. The second kappa shape index (κ2) is 4.75. The lowest BCUT2D eigenvalue weighted by molar-refractivity contribution is 0.393. The van der Waals surface area contributed by atoms with Crippen LogP contribution in [-0.4, -0.2) is 25.8 Å². The van der Waals surface area contributed by atoms with Crippen molar-refractivity contribution in [2.24, 2.45) is 0 Å². The fraction of sp³-hybridized carbons (Fsp3) is 0. The van der Waals surface area contributed by atoms with Gasteiger partial charge in [0.05, 0.1) is 17.9 Å². The lowest BCUT2D eigenvalue weighted by atomic mass is 10.2. The second-order valence-corrected chi connectivity index (χ2v) is 2.58. The average molecular weight is 201 g/mol. The van der Waals surface area contributed by atoms with Crippen molar-refractivity contribution in [1.82, 2.24) is 25.8 Å². The number of hydrogen-bond acceptors (Lipinski definition) is 6. The Morgan fingerprint density at radius 2 is 2.00 bits per heavy atom. The molecule has 0 aliphatic heterocycles. The van der Waals surface area contributed by atoms with Crippen molar-refractivity contribution in [2.45, 2.75) is 0 Å². The molecule has 0 unspecified atom stereocenters. The summed E-state index contributed by atoms with van der Waals surface area (Å²) in [4.78, 5) is 0. The largest absolute Gasteiger partial charge is 0.346 e. The van der Waals surface area contributed by atoms with E-state index in [0.29, 0.717) is 0 Å². The van der Waals surface area contributed by atoms with Crippen LogP contribution in [0.4, 0.5) is 0 Å². The quantitative estimate of drug-likeness (QED) is 0.541. The maximum Gasteiger partial charge on any atom is 0.144 e. The van der Waals surface area contributed by atoms with E-state index in [4.69, 9.17) is 0 Å². The van der Waals surface area contributed by atoms with Gasteiger partial charge in [0.15, 0.2) is 0 Å². The van der Waals surface area contributed by atoms with Crippen LogP contribution < -0.4 is 0 Å². The van der Waals surface area contributed by atoms with Crippen LogP contribution in [0.2, 0.25) is 0 Å². The van der Waals surface area contributed by atoms with Gasteiger partial charge in [0.1, 0.15) is 6.26 Å². The Morgan fingerprint density at radius 1 is 1.07 bits per heavy atom. The van der Waals surface area contributed by atoms with Gasteiger partial charge in [-0.25, -0.2) is 0 Å². The van der Waals surface area contributed by atoms with Crippen LogP contribution in [-0.2, 0) is 0 Å². The van der Waals surface area contributed by atoms with Crippen molar-refractivity contribution < 1.29 is 4.52 Å². The average Bonchev–Trinajstić information content (AvgIpc) is 2.88. The molecule has 0 spiro atoms. The minimum atomic E-state index is 0.887. The minimum Gasteiger partial charge on any atom is -0.346 e. The zero-order valence-corrected chi connectivity index (χ0v) is 7.69. The van der Waals surface area contributed by atoms with Gasteiger partial charge in [-0.2, -0.15) is 0 Å². The topological polar surface area (TPSA) is 77.6 Å². The third-order valence-corrected chi connectivity index (χ3v) is 1.62. The zero-order chi connectivity index (χ0) is 10.3. The first-order valence-electron chi connectivity index (χ1n) is 4.21. The summed E-state index contributed by atoms with van der Waals surface area (Å²) in [5, 5.41) is 18.4. The van der Waals surface area contributed by atoms with E-state index in [0.717, 1.165) is 10.9 Å². The van der Waals surface area contributed by atoms with Crippen LogP contribution in [0.15, 0.2) is 47.4 Å². The highest BCUT2D eigenvalue weighted by atomic mass is 16.5. The second-order valence-electron chi connectivity index (χ2n) is 2.58. The predicted octanol–water partition coefficient (Wildman–Crippen LogP) is 1.09. The Kier molecular flexibility index (Phi) is 2.91. The van der Waals surface area contributed by atoms with E-state index in [9.17, 15) is 0 Å². The summed E-state index contributed by atoms with van der Waals surface area (Å²) in [6.45, 7) is 0. The molecule has 0 N–H and O–H groups in total. The van der Waals surface area contributed by atoms with E-state index in [1.54, 1.807) is 6.20 Å². The molecule has 0 amide bonds. The Bertz CT molecular complexity index is 428. The van der Waals surface area contributed by atoms with Crippen molar-refractivity contribution in [3.63, 3.8) is 0 Å². The van der Waals surface area contributed by atoms with Crippen LogP contribution in [0, 0.1) is 0 Å². The van der Waals surface area contributed by atoms with Crippen LogP contribution >= 0.6 is 0 Å². The highest BCUT2D eigenvalue weighted by Gasteiger charge is 1.88. The fourth-order valence-corrected chi connectivity index (χ4v) is 0.986. The van der Waals surface area contributed by atoms with E-state index in [-0.39, 0.29) is 0 Å². The summed E-state index contributed by atoms with van der Waals surface area (Å²) in [7, 11) is 0. The fourth-order valence-electron chi connectivity index (χ4n) is 0.986. The Hall–Kier alpha value is -2.37. The summed E-state index contributed by atoms with van der Waals surface area (Å²) in [5.74, 6) is 0. The molecule has 2 heterocycles. The van der Waals surface area contributed by atoms with Gasteiger partial charge < -0.3 is 4.52 Å². The summed E-state index contributed by atoms with van der Waals surface area (Å²) >= 11 is 0. The number of hydrogen-bond donors (Lipinski definition) is 0. The molecule has 0 saturated heterocycles. The lowest BCUT2D eigenvalue weighted by Crippen LogP contribution is -1.85. The SMILES string of the molecule is c1ccc2nnncc2c1.c1conn1. The van der Waals surface area contributed by atoms with Crippen molar-refractivity contribution in [3.05, 3.63) is 42.9 Å². The van der Waals surface area contributed by atoms with Gasteiger partial charge in [-0.3, -0.25) is 0 Å². The molecule has 2 aromatic heterocycles. The predicted molar refractivity (Wildman–Crippen MR) is 51.6 cm³/mol. The van der Waals surface area contributed by atoms with Crippen molar-refractivity contribution in [3.8, 4) is 0 Å². The number of benzene rings is 1. The molecule has 3 rings (SSSR count). The Labute approximate surface area is 84.9 Å². The molecule has 0 saturated carbocycles. The van der Waals surface area contributed by atoms with Gasteiger partial charge in [0.2, 0.25) is 0 Å². The van der Waals surface area contributed by atoms with E-state index in [2.05, 4.69) is 30.3 Å². The van der Waals surface area contributed by atoms with Crippen LogP contribution in [0.25, 0.3) is 10.9 Å². The number of aromatic nitrogens is 5. The molecule has 1 aromatic carbocycles. The number of nitrogens with zero attached hydrogens (tertiary/aromatic N) is 5. The van der Waals surface area contributed by atoms with Gasteiger partial charge in [-0.1, -0.05) is 18.2 Å². The molecule has 0 aliphatic rings. The van der Waals surface area contributed by atoms with E-state index in [1.165, 1.54) is 12.5 Å². The summed E-state index contributed by atoms with van der Waals surface area (Å²) in [6, 6.07) is 7.74. The zero-order valence-electron chi connectivity index (χ0n) is 7.69. The lowest BCUT2D eigenvalue weighted by Gasteiger charge is -1.89. The van der Waals surface area contributed by atoms with Gasteiger partial charge in [0, 0.05) is 10.7 Å². The molecule has 6 nitrogen and oxygen atoms in total. The normalized spacial score (nSPS) is 9.33. The molecule has 6 heteroatoms. The molecule has 15 heavy (non-hydrogen) atoms. The number of rotatable bonds is 0. The highest BCUT2D eigenvalue weighted by molar-refractivity contribution is 5.76. The van der Waals surface area contributed by atoms with E-state index in [1.807, 2.05) is 24.3 Å². The van der Waals surface area contributed by atoms with Crippen molar-refractivity contribution in [1.29, 1.82) is 0 Å². The van der Waals surface area contributed by atoms with Crippen molar-refractivity contribution >= 4 is 10.9 Å². The molecular formula is C9H7N5O. The van der Waals surface area contributed by atoms with Gasteiger partial charge in [0.25, 0.3) is 0 Å². The van der Waals surface area contributed by atoms with E-state index >= 15 is 0 Å². The number of fused-ring (bicyclic) bond motifs is 1. The molecule has 0 radical (unpaired) electrons. The van der Waals surface area contributed by atoms with Crippen LogP contribution in [0.3, 0.4) is 0 Å². The molecule has 0 fully saturated rings. The molecule has 3 aromatic rings. The van der Waals surface area contributed by atoms with E-state index < -0.39 is 0 Å². The molecule has 0 aliphatic carbocycles. The Balaban J connectivity index is 0.000000144. The monoisotopic (exact) mass is 201 g/mol. The Morgan fingerprint density at radius 3 is 2.67 bits per heavy atom. The highest BCUT2D eigenvalue weighted by Crippen LogP contribution is 2.05. The third kappa shape index (κ3) is 2.53. The molecule has 0 atom stereocenters. The third-order valence-electron chi connectivity index (χ3n) is 1.62. The van der Waals surface area contributed by atoms with Crippen LogP contribution in [0.5, 0.6) is 0 Å². The maximum atomic E-state index is 4.22. The molecule has 0 bridgehead atoms. The summed E-state index contributed by atoms with van der Waals surface area (Å²) in [6.07, 6.45) is 4.57. The standard InChI is InChI=1S/C7H5N3.C2H2N2O/c1-2-4-7-6(3-1)5-8-10-9-7;1-2-5-4-3-1/h1-5H;1-2H. The minimum absolute atomic E-state index is 0.887. The first kappa shape index (κ1) is 9.20. The smallest absolute Gasteiger partial charge is 0.144 e. The van der Waals surface area contributed by atoms with Gasteiger partial charge in [-0.15, -0.1) is 15.3 Å². The molecule has 74 valence electrons. The van der Waals surface area contributed by atoms with Gasteiger partial charge in [-0.05, 0) is 11.3 Å². The molecular weight excluding hydrogens is 194 g/mol. The van der Waals surface area contributed by atoms with Crippen LogP contribution in [0.1, 0.15) is 0 Å². The summed E-state index contributed by atoms with van der Waals surface area (Å²) in [5.41, 5.74) is 0.887. The van der Waals surface area contributed by atoms with Gasteiger partial charge >= 0.3 is 0 Å². The summed E-state index contributed by atoms with van der Waals surface area (Å²) < 4.78 is 4.22.